The Morgan fingerprint density at radius 2 is 1.93 bits per heavy atom. The summed E-state index contributed by atoms with van der Waals surface area (Å²) >= 11 is 0. The number of aromatic nitrogens is 2. The Bertz CT molecular complexity index is 820. The summed E-state index contributed by atoms with van der Waals surface area (Å²) in [5.41, 5.74) is 1.22. The zero-order valence-corrected chi connectivity index (χ0v) is 17.3. The molecule has 0 radical (unpaired) electrons. The van der Waals surface area contributed by atoms with Crippen LogP contribution in [0.1, 0.15) is 25.5 Å². The summed E-state index contributed by atoms with van der Waals surface area (Å²) in [6.45, 7) is 7.03. The number of carbonyl (C=O) groups is 2. The van der Waals surface area contributed by atoms with E-state index >= 15 is 0 Å². The fourth-order valence-electron chi connectivity index (χ4n) is 3.66. The molecule has 2 heterocycles. The summed E-state index contributed by atoms with van der Waals surface area (Å²) in [5.74, 6) is 0.463. The number of benzene rings is 1. The minimum Gasteiger partial charge on any atom is -0.358 e. The minimum atomic E-state index is -0.363. The number of nitrogens with one attached hydrogen (secondary N) is 2. The van der Waals surface area contributed by atoms with E-state index in [1.807, 2.05) is 36.9 Å². The Morgan fingerprint density at radius 1 is 1.17 bits per heavy atom. The lowest BCUT2D eigenvalue weighted by atomic mass is 10.1. The van der Waals surface area contributed by atoms with Crippen molar-refractivity contribution in [3.8, 4) is 0 Å². The number of likely N-dealkylation sites (N-methyl/N-ethyl adjacent to an activating group) is 1. The summed E-state index contributed by atoms with van der Waals surface area (Å²) in [4.78, 5) is 29.3. The second kappa shape index (κ2) is 9.67. The predicted octanol–water partition coefficient (Wildman–Crippen LogP) is 1.33. The third kappa shape index (κ3) is 5.42. The first kappa shape index (κ1) is 21.0. The number of hydrogen-bond acceptors (Lipinski definition) is 5. The van der Waals surface area contributed by atoms with Crippen LogP contribution >= 0.6 is 0 Å². The van der Waals surface area contributed by atoms with Crippen LogP contribution in [0.15, 0.2) is 42.6 Å². The van der Waals surface area contributed by atoms with Gasteiger partial charge in [0, 0.05) is 45.3 Å². The first-order valence-electron chi connectivity index (χ1n) is 10.0. The fraction of sp³-hybridized carbons (Fsp3) is 0.476. The molecule has 1 aliphatic rings. The maximum absolute atomic E-state index is 12.6. The number of hydrogen-bond donors (Lipinski definition) is 2. The Labute approximate surface area is 171 Å². The second-order valence-corrected chi connectivity index (χ2v) is 7.62. The maximum Gasteiger partial charge on any atom is 0.239 e. The van der Waals surface area contributed by atoms with E-state index in [1.165, 1.54) is 5.56 Å². The van der Waals surface area contributed by atoms with Gasteiger partial charge in [-0.25, -0.2) is 4.68 Å². The molecule has 2 aromatic rings. The van der Waals surface area contributed by atoms with Crippen LogP contribution in [0.25, 0.3) is 0 Å². The minimum absolute atomic E-state index is 0.0669. The average Bonchev–Trinajstić information content (AvgIpc) is 3.17. The van der Waals surface area contributed by atoms with Crippen molar-refractivity contribution in [3.05, 3.63) is 48.2 Å². The van der Waals surface area contributed by atoms with Gasteiger partial charge in [0.25, 0.3) is 0 Å². The highest BCUT2D eigenvalue weighted by atomic mass is 16.2. The van der Waals surface area contributed by atoms with Gasteiger partial charge in [0.2, 0.25) is 11.8 Å². The van der Waals surface area contributed by atoms with Crippen LogP contribution < -0.4 is 10.6 Å². The van der Waals surface area contributed by atoms with E-state index in [9.17, 15) is 9.59 Å². The summed E-state index contributed by atoms with van der Waals surface area (Å²) < 4.78 is 1.77. The second-order valence-electron chi connectivity index (χ2n) is 7.62. The number of amides is 2. The van der Waals surface area contributed by atoms with Crippen molar-refractivity contribution in [1.29, 1.82) is 0 Å². The first-order valence-corrected chi connectivity index (χ1v) is 10.0. The standard InChI is InChI=1S/C21H30N6O2/c1-16(2)27-19(9-10-23-27)24-20(28)15-26-12-11-25(14-18(26)21(29)22-3)13-17-7-5-4-6-8-17/h4-10,16,18H,11-15H2,1-3H3,(H,22,29)(H,24,28). The SMILES string of the molecule is CNC(=O)C1CN(Cc2ccccc2)CCN1CC(=O)Nc1ccnn1C(C)C. The highest BCUT2D eigenvalue weighted by molar-refractivity contribution is 5.92. The highest BCUT2D eigenvalue weighted by Crippen LogP contribution is 2.16. The molecule has 156 valence electrons. The molecule has 3 rings (SSSR count). The topological polar surface area (TPSA) is 82.5 Å². The molecule has 2 N–H and O–H groups in total. The van der Waals surface area contributed by atoms with Crippen LogP contribution in [0.5, 0.6) is 0 Å². The van der Waals surface area contributed by atoms with Crippen LogP contribution in [0, 0.1) is 0 Å². The molecule has 1 fully saturated rings. The molecule has 8 nitrogen and oxygen atoms in total. The van der Waals surface area contributed by atoms with Crippen molar-refractivity contribution in [2.24, 2.45) is 0 Å². The Hall–Kier alpha value is -2.71. The smallest absolute Gasteiger partial charge is 0.239 e. The normalized spacial score (nSPS) is 18.0. The molecule has 1 aromatic heterocycles. The van der Waals surface area contributed by atoms with Gasteiger partial charge in [-0.2, -0.15) is 5.10 Å². The highest BCUT2D eigenvalue weighted by Gasteiger charge is 2.33. The van der Waals surface area contributed by atoms with Crippen molar-refractivity contribution in [1.82, 2.24) is 24.9 Å². The van der Waals surface area contributed by atoms with E-state index in [1.54, 1.807) is 24.0 Å². The van der Waals surface area contributed by atoms with Gasteiger partial charge in [-0.05, 0) is 19.4 Å². The molecule has 8 heteroatoms. The molecular weight excluding hydrogens is 368 g/mol. The molecule has 1 saturated heterocycles. The number of carbonyl (C=O) groups excluding carboxylic acids is 2. The third-order valence-electron chi connectivity index (χ3n) is 5.15. The van der Waals surface area contributed by atoms with Crippen molar-refractivity contribution < 1.29 is 9.59 Å². The van der Waals surface area contributed by atoms with Gasteiger partial charge in [-0.1, -0.05) is 30.3 Å². The van der Waals surface area contributed by atoms with Gasteiger partial charge in [0.05, 0.1) is 12.7 Å². The quantitative estimate of drug-likeness (QED) is 0.735. The Balaban J connectivity index is 1.62. The first-order chi connectivity index (χ1) is 14.0. The van der Waals surface area contributed by atoms with Crippen LogP contribution in [-0.2, 0) is 16.1 Å². The zero-order valence-electron chi connectivity index (χ0n) is 17.3. The van der Waals surface area contributed by atoms with Crippen molar-refractivity contribution >= 4 is 17.6 Å². The summed E-state index contributed by atoms with van der Waals surface area (Å²) in [5, 5.41) is 9.90. The summed E-state index contributed by atoms with van der Waals surface area (Å²) in [6, 6.07) is 11.8. The molecular formula is C21H30N6O2. The van der Waals surface area contributed by atoms with E-state index in [0.717, 1.165) is 13.1 Å². The van der Waals surface area contributed by atoms with Crippen LogP contribution in [0.4, 0.5) is 5.82 Å². The van der Waals surface area contributed by atoms with Crippen LogP contribution in [0.2, 0.25) is 0 Å². The van der Waals surface area contributed by atoms with Crippen LogP contribution in [0.3, 0.4) is 0 Å². The zero-order chi connectivity index (χ0) is 20.8. The van der Waals surface area contributed by atoms with Crippen molar-refractivity contribution in [2.45, 2.75) is 32.5 Å². The Morgan fingerprint density at radius 3 is 2.62 bits per heavy atom. The number of piperazine rings is 1. The largest absolute Gasteiger partial charge is 0.358 e. The van der Waals surface area contributed by atoms with Gasteiger partial charge >= 0.3 is 0 Å². The molecule has 0 aliphatic carbocycles. The lowest BCUT2D eigenvalue weighted by molar-refractivity contribution is -0.130. The molecule has 29 heavy (non-hydrogen) atoms. The summed E-state index contributed by atoms with van der Waals surface area (Å²) in [6.07, 6.45) is 1.67. The molecule has 1 aromatic carbocycles. The van der Waals surface area contributed by atoms with Crippen molar-refractivity contribution in [2.75, 3.05) is 38.5 Å². The summed E-state index contributed by atoms with van der Waals surface area (Å²) in [7, 11) is 1.64. The fourth-order valence-corrected chi connectivity index (χ4v) is 3.66. The van der Waals surface area contributed by atoms with Crippen LogP contribution in [-0.4, -0.2) is 70.7 Å². The van der Waals surface area contributed by atoms with Gasteiger partial charge in [-0.15, -0.1) is 0 Å². The average molecular weight is 399 g/mol. The number of rotatable bonds is 7. The van der Waals surface area contributed by atoms with E-state index in [2.05, 4.69) is 32.8 Å². The predicted molar refractivity (Wildman–Crippen MR) is 112 cm³/mol. The van der Waals surface area contributed by atoms with E-state index in [4.69, 9.17) is 0 Å². The lowest BCUT2D eigenvalue weighted by Crippen LogP contribution is -2.59. The molecule has 2 amide bonds. The molecule has 0 bridgehead atoms. The Kier molecular flexibility index (Phi) is 7.00. The number of anilines is 1. The molecule has 1 aliphatic heterocycles. The van der Waals surface area contributed by atoms with E-state index in [0.29, 0.717) is 18.9 Å². The molecule has 1 unspecified atom stereocenters. The number of nitrogens with zero attached hydrogens (tertiary/aromatic N) is 4. The molecule has 1 atom stereocenters. The monoisotopic (exact) mass is 398 g/mol. The molecule has 0 spiro atoms. The van der Waals surface area contributed by atoms with E-state index < -0.39 is 0 Å². The van der Waals surface area contributed by atoms with Gasteiger partial charge < -0.3 is 10.6 Å². The van der Waals surface area contributed by atoms with Gasteiger partial charge in [-0.3, -0.25) is 19.4 Å². The van der Waals surface area contributed by atoms with Gasteiger partial charge in [0.15, 0.2) is 0 Å². The molecule has 0 saturated carbocycles. The maximum atomic E-state index is 12.6. The third-order valence-corrected chi connectivity index (χ3v) is 5.15. The van der Waals surface area contributed by atoms with E-state index in [-0.39, 0.29) is 30.4 Å². The lowest BCUT2D eigenvalue weighted by Gasteiger charge is -2.40. The van der Waals surface area contributed by atoms with Gasteiger partial charge in [0.1, 0.15) is 11.9 Å². The van der Waals surface area contributed by atoms with Crippen molar-refractivity contribution in [3.63, 3.8) is 0 Å².